The second kappa shape index (κ2) is 10.3. The fourth-order valence-corrected chi connectivity index (χ4v) is 4.20. The number of rotatable bonds is 9. The lowest BCUT2D eigenvalue weighted by Gasteiger charge is -2.36. The van der Waals surface area contributed by atoms with Gasteiger partial charge in [-0.3, -0.25) is 9.69 Å². The van der Waals surface area contributed by atoms with E-state index in [1.54, 1.807) is 24.5 Å². The molecular formula is C24H28FN9O3. The highest BCUT2D eigenvalue weighted by Gasteiger charge is 2.21. The van der Waals surface area contributed by atoms with E-state index in [4.69, 9.17) is 20.6 Å². The number of halogens is 1. The van der Waals surface area contributed by atoms with E-state index < -0.39 is 11.7 Å². The number of hydrogen-bond acceptors (Lipinski definition) is 10. The Hall–Kier alpha value is -4.39. The average molecular weight is 510 g/mol. The minimum atomic E-state index is -0.608. The van der Waals surface area contributed by atoms with Crippen molar-refractivity contribution in [1.82, 2.24) is 24.5 Å². The number of likely N-dealkylation sites (N-methyl/N-ethyl adjacent to an activating group) is 1. The van der Waals surface area contributed by atoms with Gasteiger partial charge in [0.05, 0.1) is 12.0 Å². The van der Waals surface area contributed by atoms with Crippen LogP contribution in [-0.4, -0.2) is 83.3 Å². The summed E-state index contributed by atoms with van der Waals surface area (Å²) < 4.78 is 26.7. The highest BCUT2D eigenvalue weighted by molar-refractivity contribution is 5.75. The van der Waals surface area contributed by atoms with E-state index >= 15 is 0 Å². The molecule has 37 heavy (non-hydrogen) atoms. The number of nitrogens with two attached hydrogens (primary N) is 2. The second-order valence-corrected chi connectivity index (χ2v) is 8.78. The first kappa shape index (κ1) is 24.3. The molecule has 1 amide bonds. The maximum atomic E-state index is 14.6. The van der Waals surface area contributed by atoms with Crippen molar-refractivity contribution in [3.63, 3.8) is 0 Å². The highest BCUT2D eigenvalue weighted by Crippen LogP contribution is 2.25. The number of benzene rings is 1. The van der Waals surface area contributed by atoms with Crippen LogP contribution >= 0.6 is 0 Å². The third-order valence-electron chi connectivity index (χ3n) is 6.22. The first-order chi connectivity index (χ1) is 17.9. The molecule has 4 N–H and O–H groups in total. The van der Waals surface area contributed by atoms with Gasteiger partial charge in [0.1, 0.15) is 17.3 Å². The predicted octanol–water partition coefficient (Wildman–Crippen LogP) is 1.23. The van der Waals surface area contributed by atoms with Crippen LogP contribution in [0.2, 0.25) is 0 Å². The number of ether oxygens (including phenoxy) is 1. The van der Waals surface area contributed by atoms with Crippen molar-refractivity contribution in [3.05, 3.63) is 48.5 Å². The molecule has 0 aliphatic carbocycles. The van der Waals surface area contributed by atoms with Crippen LogP contribution in [0.15, 0.2) is 47.1 Å². The number of carbonyl (C=O) groups excluding carboxylic acids is 1. The number of nitrogen functional groups attached to an aromatic ring is 1. The van der Waals surface area contributed by atoms with Gasteiger partial charge in [-0.2, -0.15) is 19.6 Å². The number of amides is 1. The van der Waals surface area contributed by atoms with Gasteiger partial charge in [0, 0.05) is 58.4 Å². The van der Waals surface area contributed by atoms with Crippen molar-refractivity contribution >= 4 is 29.1 Å². The van der Waals surface area contributed by atoms with Crippen LogP contribution < -0.4 is 26.0 Å². The lowest BCUT2D eigenvalue weighted by molar-refractivity contribution is -0.119. The molecule has 0 atom stereocenters. The number of nitrogens with zero attached hydrogens (tertiary/aromatic N) is 7. The van der Waals surface area contributed by atoms with Gasteiger partial charge in [-0.25, -0.2) is 4.39 Å². The Bertz CT molecular complexity index is 1380. The van der Waals surface area contributed by atoms with Crippen molar-refractivity contribution in [1.29, 1.82) is 0 Å². The molecule has 0 saturated carbocycles. The van der Waals surface area contributed by atoms with Crippen molar-refractivity contribution < 1.29 is 18.3 Å². The zero-order valence-electron chi connectivity index (χ0n) is 20.4. The molecule has 12 nitrogen and oxygen atoms in total. The summed E-state index contributed by atoms with van der Waals surface area (Å²) in [4.78, 5) is 26.1. The molecule has 1 aliphatic heterocycles. The number of fused-ring (bicyclic) bond motifs is 1. The molecule has 4 aromatic rings. The fraction of sp³-hybridized carbons (Fsp3) is 0.333. The molecular weight excluding hydrogens is 481 g/mol. The SMILES string of the molecule is CN(CCN1CCN(c2ccc(OCC(N)=O)cc2F)CC1)c1nc(N)n2nc(-c3ccco3)cc2n1. The smallest absolute Gasteiger partial charge is 0.255 e. The number of anilines is 3. The molecule has 1 aromatic carbocycles. The van der Waals surface area contributed by atoms with E-state index in [1.165, 1.54) is 10.6 Å². The Kier molecular flexibility index (Phi) is 6.77. The van der Waals surface area contributed by atoms with Gasteiger partial charge in [-0.1, -0.05) is 0 Å². The van der Waals surface area contributed by atoms with Crippen LogP contribution in [0, 0.1) is 5.82 Å². The zero-order valence-corrected chi connectivity index (χ0v) is 20.4. The standard InChI is InChI=1S/C24H28FN9O3/c1-31(24-28-22-14-18(20-3-2-12-36-20)30-34(22)23(27)29-24)6-7-32-8-10-33(11-9-32)19-5-4-16(13-17(19)25)37-15-21(26)35/h2-5,12-14H,6-11,15H2,1H3,(H2,26,35)(H2,27,28,29). The summed E-state index contributed by atoms with van der Waals surface area (Å²) in [7, 11) is 1.92. The Morgan fingerprint density at radius 2 is 2.00 bits per heavy atom. The maximum Gasteiger partial charge on any atom is 0.255 e. The fourth-order valence-electron chi connectivity index (χ4n) is 4.20. The lowest BCUT2D eigenvalue weighted by atomic mass is 10.2. The number of aromatic nitrogens is 4. The number of piperazine rings is 1. The molecule has 1 fully saturated rings. The molecule has 0 bridgehead atoms. The van der Waals surface area contributed by atoms with Crippen LogP contribution in [-0.2, 0) is 4.79 Å². The van der Waals surface area contributed by atoms with Crippen LogP contribution in [0.5, 0.6) is 5.75 Å². The number of furan rings is 1. The first-order valence-corrected chi connectivity index (χ1v) is 11.8. The summed E-state index contributed by atoms with van der Waals surface area (Å²) in [5.74, 6) is 0.655. The summed E-state index contributed by atoms with van der Waals surface area (Å²) in [5, 5.41) is 4.42. The molecule has 0 spiro atoms. The van der Waals surface area contributed by atoms with Crippen LogP contribution in [0.1, 0.15) is 0 Å². The number of carbonyl (C=O) groups is 1. The van der Waals surface area contributed by atoms with E-state index in [9.17, 15) is 9.18 Å². The van der Waals surface area contributed by atoms with Crippen molar-refractivity contribution in [2.24, 2.45) is 5.73 Å². The number of primary amides is 1. The largest absolute Gasteiger partial charge is 0.484 e. The van der Waals surface area contributed by atoms with Gasteiger partial charge < -0.3 is 30.4 Å². The monoisotopic (exact) mass is 509 g/mol. The van der Waals surface area contributed by atoms with Gasteiger partial charge in [-0.05, 0) is 24.3 Å². The second-order valence-electron chi connectivity index (χ2n) is 8.78. The summed E-state index contributed by atoms with van der Waals surface area (Å²) in [6.45, 7) is 4.12. The minimum absolute atomic E-state index is 0.242. The van der Waals surface area contributed by atoms with E-state index in [-0.39, 0.29) is 18.3 Å². The lowest BCUT2D eigenvalue weighted by Crippen LogP contribution is -2.48. The Morgan fingerprint density at radius 1 is 1.19 bits per heavy atom. The summed E-state index contributed by atoms with van der Waals surface area (Å²) in [5.41, 5.74) is 12.9. The van der Waals surface area contributed by atoms with Gasteiger partial charge in [0.15, 0.2) is 18.0 Å². The van der Waals surface area contributed by atoms with E-state index in [0.717, 1.165) is 19.6 Å². The summed E-state index contributed by atoms with van der Waals surface area (Å²) >= 11 is 0. The molecule has 4 heterocycles. The van der Waals surface area contributed by atoms with Gasteiger partial charge in [-0.15, -0.1) is 0 Å². The minimum Gasteiger partial charge on any atom is -0.484 e. The molecule has 3 aromatic heterocycles. The van der Waals surface area contributed by atoms with Crippen molar-refractivity contribution in [2.75, 3.05) is 68.5 Å². The highest BCUT2D eigenvalue weighted by atomic mass is 19.1. The Balaban J connectivity index is 1.15. The number of hydrogen-bond donors (Lipinski definition) is 2. The Labute approximate surface area is 212 Å². The Morgan fingerprint density at radius 3 is 2.70 bits per heavy atom. The molecule has 194 valence electrons. The van der Waals surface area contributed by atoms with Crippen molar-refractivity contribution in [2.45, 2.75) is 0 Å². The molecule has 0 unspecified atom stereocenters. The van der Waals surface area contributed by atoms with Gasteiger partial charge in [0.25, 0.3) is 5.91 Å². The van der Waals surface area contributed by atoms with Crippen LogP contribution in [0.3, 0.4) is 0 Å². The topological polar surface area (TPSA) is 144 Å². The molecule has 13 heteroatoms. The maximum absolute atomic E-state index is 14.6. The average Bonchev–Trinajstić information content (AvgIpc) is 3.57. The summed E-state index contributed by atoms with van der Waals surface area (Å²) in [6.07, 6.45) is 1.59. The first-order valence-electron chi connectivity index (χ1n) is 11.8. The normalized spacial score (nSPS) is 14.3. The molecule has 0 radical (unpaired) electrons. The van der Waals surface area contributed by atoms with Gasteiger partial charge in [0.2, 0.25) is 11.9 Å². The third kappa shape index (κ3) is 5.40. The third-order valence-corrected chi connectivity index (χ3v) is 6.22. The van der Waals surface area contributed by atoms with E-state index in [1.807, 2.05) is 29.0 Å². The van der Waals surface area contributed by atoms with E-state index in [2.05, 4.69) is 20.0 Å². The zero-order chi connectivity index (χ0) is 25.9. The van der Waals surface area contributed by atoms with Crippen LogP contribution in [0.4, 0.5) is 22.0 Å². The van der Waals surface area contributed by atoms with Crippen molar-refractivity contribution in [3.8, 4) is 17.2 Å². The van der Waals surface area contributed by atoms with E-state index in [0.29, 0.717) is 48.4 Å². The predicted molar refractivity (Wildman–Crippen MR) is 136 cm³/mol. The molecule has 5 rings (SSSR count). The van der Waals surface area contributed by atoms with Crippen LogP contribution in [0.25, 0.3) is 17.1 Å². The quantitative estimate of drug-likeness (QED) is 0.338. The summed E-state index contributed by atoms with van der Waals surface area (Å²) in [6, 6.07) is 10.0. The molecule has 1 aliphatic rings. The van der Waals surface area contributed by atoms with Gasteiger partial charge >= 0.3 is 0 Å². The molecule has 1 saturated heterocycles.